The molecule has 1 aromatic carbocycles. The monoisotopic (exact) mass is 437 g/mol. The lowest BCUT2D eigenvalue weighted by Gasteiger charge is -2.17. The van der Waals surface area contributed by atoms with Crippen molar-refractivity contribution in [1.82, 2.24) is 15.2 Å². The van der Waals surface area contributed by atoms with Crippen LogP contribution in [-0.2, 0) is 11.3 Å². The highest BCUT2D eigenvalue weighted by Gasteiger charge is 2.30. The molecule has 5 N–H and O–H groups in total. The number of carboxylic acid groups (broad SMARTS) is 1. The number of aliphatic carboxylic acids is 1. The summed E-state index contributed by atoms with van der Waals surface area (Å²) in [6.45, 7) is 2.12. The highest BCUT2D eigenvalue weighted by molar-refractivity contribution is 6.31. The third-order valence-electron chi connectivity index (χ3n) is 3.97. The van der Waals surface area contributed by atoms with Crippen LogP contribution in [0.4, 0.5) is 0 Å². The third kappa shape index (κ3) is 4.90. The number of nitrogens with one attached hydrogen (secondary N) is 2. The number of aromatic hydroxyl groups is 2. The average molecular weight is 438 g/mol. The maximum Gasteiger partial charge on any atom is 0.322 e. The summed E-state index contributed by atoms with van der Waals surface area (Å²) in [5.41, 5.74) is -2.24. The number of pyridine rings is 1. The second kappa shape index (κ2) is 9.31. The summed E-state index contributed by atoms with van der Waals surface area (Å²) < 4.78 is 0.700. The van der Waals surface area contributed by atoms with Gasteiger partial charge in [0.25, 0.3) is 17.4 Å². The highest BCUT2D eigenvalue weighted by atomic mass is 35.5. The van der Waals surface area contributed by atoms with Crippen LogP contribution in [0.1, 0.15) is 40.1 Å². The van der Waals surface area contributed by atoms with Gasteiger partial charge in [-0.3, -0.25) is 23.7 Å². The Morgan fingerprint density at radius 1 is 1.10 bits per heavy atom. The first-order valence-electron chi connectivity index (χ1n) is 8.77. The van der Waals surface area contributed by atoms with Gasteiger partial charge in [0.05, 0.1) is 6.54 Å². The molecule has 1 heterocycles. The van der Waals surface area contributed by atoms with E-state index < -0.39 is 58.7 Å². The summed E-state index contributed by atoms with van der Waals surface area (Å²) in [5.74, 6) is -5.52. The second-order valence-corrected chi connectivity index (χ2v) is 7.02. The van der Waals surface area contributed by atoms with Crippen LogP contribution in [0.15, 0.2) is 29.1 Å². The fraction of sp³-hybridized carbons (Fsp3) is 0.263. The van der Waals surface area contributed by atoms with Crippen LogP contribution in [0.25, 0.3) is 0 Å². The normalized spacial score (nSPS) is 10.7. The quantitative estimate of drug-likeness (QED) is 0.430. The Morgan fingerprint density at radius 3 is 2.30 bits per heavy atom. The van der Waals surface area contributed by atoms with Crippen LogP contribution in [0.5, 0.6) is 11.6 Å². The van der Waals surface area contributed by atoms with Crippen LogP contribution in [0.3, 0.4) is 0 Å². The molecule has 0 bridgehead atoms. The lowest BCUT2D eigenvalue weighted by atomic mass is 10.1. The maximum absolute atomic E-state index is 12.9. The molecule has 0 radical (unpaired) electrons. The van der Waals surface area contributed by atoms with Gasteiger partial charge < -0.3 is 26.0 Å². The zero-order chi connectivity index (χ0) is 22.6. The Hall–Kier alpha value is -3.53. The van der Waals surface area contributed by atoms with E-state index in [1.54, 1.807) is 38.1 Å². The van der Waals surface area contributed by atoms with Gasteiger partial charge in [-0.25, -0.2) is 0 Å². The lowest BCUT2D eigenvalue weighted by Crippen LogP contribution is -2.38. The number of nitrogens with zero attached hydrogens (tertiary/aromatic N) is 1. The number of hydrogen-bond acceptors (Lipinski definition) is 6. The number of carboxylic acids is 1. The average Bonchev–Trinajstić information content (AvgIpc) is 2.64. The summed E-state index contributed by atoms with van der Waals surface area (Å²) in [4.78, 5) is 48.5. The molecule has 2 rings (SSSR count). The predicted octanol–water partition coefficient (Wildman–Crippen LogP) is 0.914. The minimum absolute atomic E-state index is 0.266. The second-order valence-electron chi connectivity index (χ2n) is 6.61. The number of rotatable bonds is 7. The number of carbonyl (C=O) groups is 3. The molecule has 0 fully saturated rings. The zero-order valence-corrected chi connectivity index (χ0v) is 16.9. The molecule has 0 atom stereocenters. The van der Waals surface area contributed by atoms with E-state index >= 15 is 0 Å². The van der Waals surface area contributed by atoms with E-state index in [1.807, 2.05) is 5.32 Å². The topological polar surface area (TPSA) is 158 Å². The van der Waals surface area contributed by atoms with Gasteiger partial charge in [-0.2, -0.15) is 0 Å². The smallest absolute Gasteiger partial charge is 0.322 e. The van der Waals surface area contributed by atoms with Crippen molar-refractivity contribution in [3.05, 3.63) is 56.3 Å². The molecule has 0 aliphatic heterocycles. The molecule has 2 aromatic rings. The minimum Gasteiger partial charge on any atom is -0.506 e. The van der Waals surface area contributed by atoms with Gasteiger partial charge in [-0.15, -0.1) is 0 Å². The molecule has 0 unspecified atom stereocenters. The number of halogens is 1. The first-order chi connectivity index (χ1) is 14.0. The first kappa shape index (κ1) is 22.8. The molecule has 0 saturated carbocycles. The van der Waals surface area contributed by atoms with E-state index in [-0.39, 0.29) is 11.6 Å². The van der Waals surface area contributed by atoms with Crippen molar-refractivity contribution in [2.75, 3.05) is 6.54 Å². The molecule has 0 spiro atoms. The van der Waals surface area contributed by atoms with E-state index in [0.717, 1.165) is 0 Å². The molecule has 10 nitrogen and oxygen atoms in total. The van der Waals surface area contributed by atoms with E-state index in [2.05, 4.69) is 5.32 Å². The molecule has 0 aliphatic rings. The Balaban J connectivity index is 2.71. The Labute approximate surface area is 175 Å². The minimum atomic E-state index is -1.37. The van der Waals surface area contributed by atoms with E-state index in [1.165, 1.54) is 0 Å². The van der Waals surface area contributed by atoms with Crippen LogP contribution in [0.2, 0.25) is 5.02 Å². The van der Waals surface area contributed by atoms with Crippen molar-refractivity contribution in [2.24, 2.45) is 0 Å². The molecule has 30 heavy (non-hydrogen) atoms. The number of amides is 2. The summed E-state index contributed by atoms with van der Waals surface area (Å²) in [5, 5.41) is 34.4. The number of carbonyl (C=O) groups excluding carboxylic acids is 2. The van der Waals surface area contributed by atoms with E-state index in [4.69, 9.17) is 16.7 Å². The number of hydrogen-bond donors (Lipinski definition) is 5. The van der Waals surface area contributed by atoms with Crippen molar-refractivity contribution in [2.45, 2.75) is 26.4 Å². The molecule has 1 aromatic heterocycles. The molecule has 0 saturated heterocycles. The van der Waals surface area contributed by atoms with Gasteiger partial charge in [-0.1, -0.05) is 29.8 Å². The Bertz CT molecular complexity index is 1060. The molecular formula is C19H20ClN3O7. The van der Waals surface area contributed by atoms with Crippen LogP contribution in [0, 0.1) is 0 Å². The van der Waals surface area contributed by atoms with Crippen molar-refractivity contribution < 1.29 is 29.7 Å². The van der Waals surface area contributed by atoms with Crippen LogP contribution in [-0.4, -0.2) is 50.3 Å². The maximum atomic E-state index is 12.9. The lowest BCUT2D eigenvalue weighted by molar-refractivity contribution is -0.135. The molecular weight excluding hydrogens is 418 g/mol. The Kier molecular flexibility index (Phi) is 7.06. The largest absolute Gasteiger partial charge is 0.506 e. The SMILES string of the molecule is CC(C)NC(=O)c1c(O)c(C(=O)NCC(=O)O)c(O)n(Cc2ccccc2Cl)c1=O. The summed E-state index contributed by atoms with van der Waals surface area (Å²) >= 11 is 6.10. The van der Waals surface area contributed by atoms with Crippen molar-refractivity contribution in [1.29, 1.82) is 0 Å². The summed E-state index contributed by atoms with van der Waals surface area (Å²) in [6.07, 6.45) is 0. The zero-order valence-electron chi connectivity index (χ0n) is 16.1. The Morgan fingerprint density at radius 2 is 1.73 bits per heavy atom. The van der Waals surface area contributed by atoms with Crippen LogP contribution < -0.4 is 16.2 Å². The highest BCUT2D eigenvalue weighted by Crippen LogP contribution is 2.29. The van der Waals surface area contributed by atoms with E-state index in [0.29, 0.717) is 10.1 Å². The molecule has 11 heteroatoms. The van der Waals surface area contributed by atoms with Crippen molar-refractivity contribution in [3.8, 4) is 11.6 Å². The van der Waals surface area contributed by atoms with Crippen LogP contribution >= 0.6 is 11.6 Å². The summed E-state index contributed by atoms with van der Waals surface area (Å²) in [6, 6.07) is 6.01. The van der Waals surface area contributed by atoms with E-state index in [9.17, 15) is 29.4 Å². The fourth-order valence-electron chi connectivity index (χ4n) is 2.63. The van der Waals surface area contributed by atoms with Gasteiger partial charge in [-0.05, 0) is 25.5 Å². The van der Waals surface area contributed by atoms with Gasteiger partial charge in [0.2, 0.25) is 5.88 Å². The molecule has 0 aliphatic carbocycles. The molecule has 2 amide bonds. The van der Waals surface area contributed by atoms with Crippen molar-refractivity contribution >= 4 is 29.4 Å². The number of benzene rings is 1. The fourth-order valence-corrected chi connectivity index (χ4v) is 2.83. The third-order valence-corrected chi connectivity index (χ3v) is 4.34. The predicted molar refractivity (Wildman–Crippen MR) is 107 cm³/mol. The van der Waals surface area contributed by atoms with Gasteiger partial charge in [0.15, 0.2) is 5.75 Å². The van der Waals surface area contributed by atoms with Gasteiger partial charge in [0, 0.05) is 11.1 Å². The summed E-state index contributed by atoms with van der Waals surface area (Å²) in [7, 11) is 0. The van der Waals surface area contributed by atoms with Gasteiger partial charge >= 0.3 is 5.97 Å². The molecule has 160 valence electrons. The standard InChI is InChI=1S/C19H20ClN3O7/c1-9(2)22-17(28)14-15(26)13(16(27)21-7-12(24)25)18(29)23(19(14)30)8-10-5-3-4-6-11(10)20/h3-6,9,26,29H,7-8H2,1-2H3,(H,21,27)(H,22,28)(H,24,25). The van der Waals surface area contributed by atoms with Gasteiger partial charge in [0.1, 0.15) is 17.7 Å². The number of aromatic nitrogens is 1. The first-order valence-corrected chi connectivity index (χ1v) is 9.15. The van der Waals surface area contributed by atoms with Crippen molar-refractivity contribution in [3.63, 3.8) is 0 Å².